The minimum Gasteiger partial charge on any atom is -0.406 e. The maximum atomic E-state index is 14.1. The van der Waals surface area contributed by atoms with Crippen LogP contribution in [0, 0.1) is 5.82 Å². The van der Waals surface area contributed by atoms with E-state index in [9.17, 15) is 22.4 Å². The van der Waals surface area contributed by atoms with Crippen molar-refractivity contribution < 1.29 is 27.1 Å². The highest BCUT2D eigenvalue weighted by atomic mass is 35.5. The van der Waals surface area contributed by atoms with E-state index in [1.807, 2.05) is 17.1 Å². The quantitative estimate of drug-likeness (QED) is 0.304. The average molecular weight is 535 g/mol. The zero-order valence-electron chi connectivity index (χ0n) is 19.5. The maximum absolute atomic E-state index is 14.1. The van der Waals surface area contributed by atoms with Crippen LogP contribution >= 0.6 is 11.6 Å². The molecule has 1 amide bonds. The Labute approximate surface area is 216 Å². The second kappa shape index (κ2) is 11.6. The molecule has 194 valence electrons. The number of alkyl halides is 3. The van der Waals surface area contributed by atoms with Crippen molar-refractivity contribution in [2.45, 2.75) is 6.36 Å². The summed E-state index contributed by atoms with van der Waals surface area (Å²) >= 11 is 5.88. The summed E-state index contributed by atoms with van der Waals surface area (Å²) in [6.45, 7) is 3.28. The van der Waals surface area contributed by atoms with Crippen LogP contribution in [0.4, 0.5) is 28.9 Å². The topological polar surface area (TPSA) is 57.7 Å². The van der Waals surface area contributed by atoms with Gasteiger partial charge in [0.05, 0.1) is 11.4 Å². The lowest BCUT2D eigenvalue weighted by molar-refractivity contribution is -0.274. The Morgan fingerprint density at radius 1 is 1.05 bits per heavy atom. The van der Waals surface area contributed by atoms with Gasteiger partial charge in [0.1, 0.15) is 16.7 Å². The van der Waals surface area contributed by atoms with Crippen molar-refractivity contribution in [2.24, 2.45) is 0 Å². The van der Waals surface area contributed by atoms with Crippen molar-refractivity contribution in [1.29, 1.82) is 0 Å². The Bertz CT molecular complexity index is 1260. The molecule has 6 nitrogen and oxygen atoms in total. The van der Waals surface area contributed by atoms with E-state index in [-0.39, 0.29) is 16.8 Å². The van der Waals surface area contributed by atoms with Gasteiger partial charge >= 0.3 is 6.36 Å². The number of carbonyl (C=O) groups is 1. The first-order chi connectivity index (χ1) is 17.7. The molecule has 1 saturated heterocycles. The second-order valence-electron chi connectivity index (χ2n) is 8.29. The Hall–Kier alpha value is -3.63. The smallest absolute Gasteiger partial charge is 0.406 e. The van der Waals surface area contributed by atoms with Gasteiger partial charge in [-0.05, 0) is 48.0 Å². The number of pyridine rings is 1. The summed E-state index contributed by atoms with van der Waals surface area (Å²) in [4.78, 5) is 20.7. The number of nitrogens with zero attached hydrogens (tertiary/aromatic N) is 3. The van der Waals surface area contributed by atoms with E-state index in [0.29, 0.717) is 49.7 Å². The number of ether oxygens (including phenoxy) is 1. The molecule has 0 radical (unpaired) electrons. The molecule has 4 rings (SSSR count). The molecular weight excluding hydrogens is 512 g/mol. The molecule has 2 heterocycles. The third-order valence-electron chi connectivity index (χ3n) is 5.70. The van der Waals surface area contributed by atoms with Gasteiger partial charge in [-0.25, -0.2) is 9.37 Å². The number of anilines is 2. The number of halogens is 5. The molecule has 0 unspecified atom stereocenters. The standard InChI is InChI=1S/C26H23ClF4N4O2/c27-24-16-19(9-10-32-24)25(36)33-22-8-5-20(28)17-23(22)35-14-12-34(13-15-35)11-1-2-18-3-6-21(7-4-18)37-26(29,30)31/h1-10,16-17H,11-15H2,(H,33,36). The van der Waals surface area contributed by atoms with E-state index in [1.165, 1.54) is 42.6 Å². The van der Waals surface area contributed by atoms with Gasteiger partial charge in [-0.15, -0.1) is 13.2 Å². The van der Waals surface area contributed by atoms with Crippen LogP contribution < -0.4 is 15.0 Å². The highest BCUT2D eigenvalue weighted by Gasteiger charge is 2.30. The molecule has 3 aromatic rings. The number of nitrogens with one attached hydrogen (secondary N) is 1. The summed E-state index contributed by atoms with van der Waals surface area (Å²) in [5.41, 5.74) is 2.17. The fourth-order valence-corrected chi connectivity index (χ4v) is 4.07. The van der Waals surface area contributed by atoms with Crippen LogP contribution in [-0.4, -0.2) is 54.9 Å². The fraction of sp³-hybridized carbons (Fsp3) is 0.231. The minimum atomic E-state index is -4.72. The number of carbonyl (C=O) groups excluding carboxylic acids is 1. The predicted molar refractivity (Wildman–Crippen MR) is 134 cm³/mol. The summed E-state index contributed by atoms with van der Waals surface area (Å²) in [5.74, 6) is -1.05. The van der Waals surface area contributed by atoms with E-state index >= 15 is 0 Å². The van der Waals surface area contributed by atoms with Gasteiger partial charge in [-0.3, -0.25) is 9.69 Å². The van der Waals surface area contributed by atoms with Crippen molar-refractivity contribution in [2.75, 3.05) is 42.9 Å². The molecule has 1 fully saturated rings. The summed E-state index contributed by atoms with van der Waals surface area (Å²) in [6, 6.07) is 12.9. The van der Waals surface area contributed by atoms with Crippen molar-refractivity contribution in [3.63, 3.8) is 0 Å². The highest BCUT2D eigenvalue weighted by molar-refractivity contribution is 6.29. The molecule has 1 N–H and O–H groups in total. The lowest BCUT2D eigenvalue weighted by Crippen LogP contribution is -2.46. The first kappa shape index (κ1) is 26.4. The highest BCUT2D eigenvalue weighted by Crippen LogP contribution is 2.29. The lowest BCUT2D eigenvalue weighted by Gasteiger charge is -2.36. The van der Waals surface area contributed by atoms with Crippen molar-refractivity contribution in [1.82, 2.24) is 9.88 Å². The number of piperazine rings is 1. The Morgan fingerprint density at radius 2 is 1.78 bits per heavy atom. The largest absolute Gasteiger partial charge is 0.573 e. The Balaban J connectivity index is 1.33. The van der Waals surface area contributed by atoms with E-state index in [1.54, 1.807) is 18.2 Å². The molecule has 0 aliphatic carbocycles. The SMILES string of the molecule is O=C(Nc1ccc(F)cc1N1CCN(CC=Cc2ccc(OC(F)(F)F)cc2)CC1)c1ccnc(Cl)c1. The summed E-state index contributed by atoms with van der Waals surface area (Å²) in [6.07, 6.45) is 0.484. The zero-order valence-corrected chi connectivity index (χ0v) is 20.3. The number of amides is 1. The number of rotatable bonds is 7. The fourth-order valence-electron chi connectivity index (χ4n) is 3.90. The lowest BCUT2D eigenvalue weighted by atomic mass is 10.1. The van der Waals surface area contributed by atoms with Crippen LogP contribution in [0.2, 0.25) is 5.15 Å². The van der Waals surface area contributed by atoms with Crippen molar-refractivity contribution in [3.05, 3.63) is 89.0 Å². The van der Waals surface area contributed by atoms with Gasteiger partial charge in [0.15, 0.2) is 0 Å². The molecule has 1 aliphatic heterocycles. The average Bonchev–Trinajstić information content (AvgIpc) is 2.86. The van der Waals surface area contributed by atoms with Crippen LogP contribution in [0.15, 0.2) is 66.9 Å². The van der Waals surface area contributed by atoms with Gasteiger partial charge < -0.3 is 15.0 Å². The van der Waals surface area contributed by atoms with Crippen LogP contribution in [-0.2, 0) is 0 Å². The summed E-state index contributed by atoms with van der Waals surface area (Å²) < 4.78 is 54.8. The van der Waals surface area contributed by atoms with Gasteiger partial charge in [-0.2, -0.15) is 0 Å². The van der Waals surface area contributed by atoms with Gasteiger partial charge in [0.25, 0.3) is 5.91 Å². The monoisotopic (exact) mass is 534 g/mol. The molecule has 0 saturated carbocycles. The molecule has 37 heavy (non-hydrogen) atoms. The number of hydrogen-bond donors (Lipinski definition) is 1. The minimum absolute atomic E-state index is 0.199. The molecule has 1 aliphatic rings. The van der Waals surface area contributed by atoms with Gasteiger partial charge in [0.2, 0.25) is 0 Å². The van der Waals surface area contributed by atoms with E-state index < -0.39 is 12.2 Å². The second-order valence-corrected chi connectivity index (χ2v) is 8.68. The van der Waals surface area contributed by atoms with E-state index in [4.69, 9.17) is 11.6 Å². The van der Waals surface area contributed by atoms with E-state index in [0.717, 1.165) is 5.56 Å². The van der Waals surface area contributed by atoms with Gasteiger partial charge in [0, 0.05) is 44.5 Å². The maximum Gasteiger partial charge on any atom is 0.573 e. The van der Waals surface area contributed by atoms with Crippen molar-refractivity contribution >= 4 is 35.0 Å². The normalized spacial score (nSPS) is 14.7. The molecule has 11 heteroatoms. The van der Waals surface area contributed by atoms with Crippen LogP contribution in [0.1, 0.15) is 15.9 Å². The van der Waals surface area contributed by atoms with Crippen LogP contribution in [0.3, 0.4) is 0 Å². The third-order valence-corrected chi connectivity index (χ3v) is 5.90. The Kier molecular flexibility index (Phi) is 8.30. The van der Waals surface area contributed by atoms with Crippen LogP contribution in [0.5, 0.6) is 5.75 Å². The van der Waals surface area contributed by atoms with Crippen LogP contribution in [0.25, 0.3) is 6.08 Å². The molecular formula is C26H23ClF4N4O2. The Morgan fingerprint density at radius 3 is 2.46 bits per heavy atom. The predicted octanol–water partition coefficient (Wildman–Crippen LogP) is 5.86. The summed E-state index contributed by atoms with van der Waals surface area (Å²) in [5, 5.41) is 3.03. The number of aromatic nitrogens is 1. The molecule has 2 aromatic carbocycles. The summed E-state index contributed by atoms with van der Waals surface area (Å²) in [7, 11) is 0. The molecule has 0 bridgehead atoms. The van der Waals surface area contributed by atoms with E-state index in [2.05, 4.69) is 19.9 Å². The number of benzene rings is 2. The number of hydrogen-bond acceptors (Lipinski definition) is 5. The third kappa shape index (κ3) is 7.68. The first-order valence-electron chi connectivity index (χ1n) is 11.4. The first-order valence-corrected chi connectivity index (χ1v) is 11.8. The molecule has 0 spiro atoms. The van der Waals surface area contributed by atoms with Gasteiger partial charge in [-0.1, -0.05) is 35.9 Å². The zero-order chi connectivity index (χ0) is 26.4. The van der Waals surface area contributed by atoms with Crippen molar-refractivity contribution in [3.8, 4) is 5.75 Å². The molecule has 0 atom stereocenters. The molecule has 1 aromatic heterocycles.